The van der Waals surface area contributed by atoms with Crippen LogP contribution in [0.3, 0.4) is 0 Å². The summed E-state index contributed by atoms with van der Waals surface area (Å²) in [5, 5.41) is 10.3. The molecule has 1 fully saturated rings. The summed E-state index contributed by atoms with van der Waals surface area (Å²) in [5.41, 5.74) is 1.66. The van der Waals surface area contributed by atoms with E-state index < -0.39 is 5.60 Å². The SMILES string of the molecule is C=CC(C)(O)CN(Cc1ccc(C)cc1)CC1CCCO1. The summed E-state index contributed by atoms with van der Waals surface area (Å²) in [6, 6.07) is 8.57. The van der Waals surface area contributed by atoms with Gasteiger partial charge in [-0.1, -0.05) is 35.9 Å². The highest BCUT2D eigenvalue weighted by Gasteiger charge is 2.24. The molecule has 0 spiro atoms. The third-order valence-electron chi connectivity index (χ3n) is 4.00. The van der Waals surface area contributed by atoms with E-state index in [1.165, 1.54) is 11.1 Å². The maximum absolute atomic E-state index is 10.3. The summed E-state index contributed by atoms with van der Waals surface area (Å²) in [6.07, 6.45) is 4.16. The number of ether oxygens (including phenoxy) is 1. The van der Waals surface area contributed by atoms with E-state index in [2.05, 4.69) is 42.7 Å². The fourth-order valence-electron chi connectivity index (χ4n) is 2.73. The summed E-state index contributed by atoms with van der Waals surface area (Å²) >= 11 is 0. The summed E-state index contributed by atoms with van der Waals surface area (Å²) < 4.78 is 5.74. The van der Waals surface area contributed by atoms with E-state index in [0.29, 0.717) is 6.54 Å². The van der Waals surface area contributed by atoms with Crippen LogP contribution in [0.15, 0.2) is 36.9 Å². The number of hydrogen-bond acceptors (Lipinski definition) is 3. The van der Waals surface area contributed by atoms with Gasteiger partial charge in [0.2, 0.25) is 0 Å². The first-order chi connectivity index (χ1) is 9.98. The predicted molar refractivity (Wildman–Crippen MR) is 86.3 cm³/mol. The molecule has 3 heteroatoms. The molecule has 116 valence electrons. The van der Waals surface area contributed by atoms with Crippen molar-refractivity contribution in [1.29, 1.82) is 0 Å². The van der Waals surface area contributed by atoms with Crippen molar-refractivity contribution in [3.05, 3.63) is 48.0 Å². The minimum Gasteiger partial charge on any atom is -0.385 e. The summed E-state index contributed by atoms with van der Waals surface area (Å²) in [7, 11) is 0. The van der Waals surface area contributed by atoms with Gasteiger partial charge in [0, 0.05) is 26.2 Å². The lowest BCUT2D eigenvalue weighted by Crippen LogP contribution is -2.42. The zero-order valence-electron chi connectivity index (χ0n) is 13.2. The Morgan fingerprint density at radius 3 is 2.71 bits per heavy atom. The zero-order chi connectivity index (χ0) is 15.3. The van der Waals surface area contributed by atoms with Crippen LogP contribution in [-0.4, -0.2) is 41.4 Å². The molecule has 2 atom stereocenters. The van der Waals surface area contributed by atoms with Gasteiger partial charge in [-0.25, -0.2) is 0 Å². The van der Waals surface area contributed by atoms with E-state index in [1.807, 2.05) is 0 Å². The Morgan fingerprint density at radius 1 is 1.43 bits per heavy atom. The minimum absolute atomic E-state index is 0.288. The van der Waals surface area contributed by atoms with E-state index in [1.54, 1.807) is 13.0 Å². The van der Waals surface area contributed by atoms with Gasteiger partial charge >= 0.3 is 0 Å². The zero-order valence-corrected chi connectivity index (χ0v) is 13.2. The molecule has 0 amide bonds. The second kappa shape index (κ2) is 7.21. The standard InChI is InChI=1S/C18H27NO2/c1-4-18(3,20)14-19(13-17-6-5-11-21-17)12-16-9-7-15(2)8-10-16/h4,7-10,17,20H,1,5-6,11-14H2,2-3H3. The molecule has 3 nitrogen and oxygen atoms in total. The molecule has 1 N–H and O–H groups in total. The maximum Gasteiger partial charge on any atom is 0.0923 e. The first kappa shape index (κ1) is 16.2. The van der Waals surface area contributed by atoms with Crippen molar-refractivity contribution in [1.82, 2.24) is 4.90 Å². The number of hydrogen-bond donors (Lipinski definition) is 1. The Morgan fingerprint density at radius 2 is 2.14 bits per heavy atom. The number of aryl methyl sites for hydroxylation is 1. The van der Waals surface area contributed by atoms with E-state index in [0.717, 1.165) is 32.5 Å². The van der Waals surface area contributed by atoms with Crippen LogP contribution < -0.4 is 0 Å². The lowest BCUT2D eigenvalue weighted by atomic mass is 10.1. The highest BCUT2D eigenvalue weighted by molar-refractivity contribution is 5.21. The van der Waals surface area contributed by atoms with Crippen LogP contribution in [0.4, 0.5) is 0 Å². The van der Waals surface area contributed by atoms with Crippen molar-refractivity contribution in [2.24, 2.45) is 0 Å². The van der Waals surface area contributed by atoms with Crippen molar-refractivity contribution < 1.29 is 9.84 Å². The molecular weight excluding hydrogens is 262 g/mol. The first-order valence-electron chi connectivity index (χ1n) is 7.74. The normalized spacial score (nSPS) is 21.4. The molecule has 0 aliphatic carbocycles. The Balaban J connectivity index is 2.02. The summed E-state index contributed by atoms with van der Waals surface area (Å²) in [6.45, 7) is 10.7. The monoisotopic (exact) mass is 289 g/mol. The molecule has 1 aliphatic rings. The molecule has 0 aromatic heterocycles. The van der Waals surface area contributed by atoms with Crippen LogP contribution in [0.25, 0.3) is 0 Å². The highest BCUT2D eigenvalue weighted by atomic mass is 16.5. The lowest BCUT2D eigenvalue weighted by molar-refractivity contribution is 0.0243. The van der Waals surface area contributed by atoms with Crippen molar-refractivity contribution in [3.63, 3.8) is 0 Å². The van der Waals surface area contributed by atoms with Gasteiger partial charge in [0.1, 0.15) is 0 Å². The van der Waals surface area contributed by atoms with E-state index in [4.69, 9.17) is 4.74 Å². The quantitative estimate of drug-likeness (QED) is 0.783. The van der Waals surface area contributed by atoms with Crippen LogP contribution >= 0.6 is 0 Å². The molecule has 2 rings (SSSR count). The molecule has 1 saturated heterocycles. The van der Waals surface area contributed by atoms with Crippen LogP contribution in [0, 0.1) is 6.92 Å². The van der Waals surface area contributed by atoms with Crippen LogP contribution in [0.5, 0.6) is 0 Å². The Kier molecular flexibility index (Phi) is 5.57. The minimum atomic E-state index is -0.872. The molecule has 0 saturated carbocycles. The van der Waals surface area contributed by atoms with E-state index >= 15 is 0 Å². The predicted octanol–water partition coefficient (Wildman–Crippen LogP) is 2.91. The topological polar surface area (TPSA) is 32.7 Å². The van der Waals surface area contributed by atoms with Gasteiger partial charge in [-0.3, -0.25) is 4.90 Å². The summed E-state index contributed by atoms with van der Waals surface area (Å²) in [5.74, 6) is 0. The van der Waals surface area contributed by atoms with Gasteiger partial charge in [0.05, 0.1) is 11.7 Å². The number of nitrogens with zero attached hydrogens (tertiary/aromatic N) is 1. The van der Waals surface area contributed by atoms with Crippen LogP contribution in [-0.2, 0) is 11.3 Å². The third kappa shape index (κ3) is 5.27. The largest absolute Gasteiger partial charge is 0.385 e. The van der Waals surface area contributed by atoms with Crippen LogP contribution in [0.1, 0.15) is 30.9 Å². The molecule has 1 aromatic carbocycles. The van der Waals surface area contributed by atoms with Gasteiger partial charge in [0.25, 0.3) is 0 Å². The van der Waals surface area contributed by atoms with E-state index in [9.17, 15) is 5.11 Å². The summed E-state index contributed by atoms with van der Waals surface area (Å²) in [4.78, 5) is 2.27. The molecule has 21 heavy (non-hydrogen) atoms. The number of rotatable bonds is 7. The van der Waals surface area contributed by atoms with Crippen molar-refractivity contribution in [3.8, 4) is 0 Å². The maximum atomic E-state index is 10.3. The Hall–Kier alpha value is -1.16. The highest BCUT2D eigenvalue weighted by Crippen LogP contribution is 2.18. The van der Waals surface area contributed by atoms with E-state index in [-0.39, 0.29) is 6.10 Å². The fourth-order valence-corrected chi connectivity index (χ4v) is 2.73. The van der Waals surface area contributed by atoms with Gasteiger partial charge in [-0.2, -0.15) is 0 Å². The molecule has 1 heterocycles. The van der Waals surface area contributed by atoms with Gasteiger partial charge in [0.15, 0.2) is 0 Å². The second-order valence-corrected chi connectivity index (χ2v) is 6.35. The fraction of sp³-hybridized carbons (Fsp3) is 0.556. The van der Waals surface area contributed by atoms with Crippen molar-refractivity contribution in [2.75, 3.05) is 19.7 Å². The Bertz CT molecular complexity index is 447. The molecule has 1 aliphatic heterocycles. The average Bonchev–Trinajstić information content (AvgIpc) is 2.94. The molecule has 0 radical (unpaired) electrons. The molecule has 1 aromatic rings. The van der Waals surface area contributed by atoms with Crippen LogP contribution in [0.2, 0.25) is 0 Å². The van der Waals surface area contributed by atoms with Gasteiger partial charge in [-0.05, 0) is 32.3 Å². The first-order valence-corrected chi connectivity index (χ1v) is 7.74. The molecule has 0 bridgehead atoms. The van der Waals surface area contributed by atoms with Gasteiger partial charge in [-0.15, -0.1) is 6.58 Å². The lowest BCUT2D eigenvalue weighted by Gasteiger charge is -2.31. The molecular formula is C18H27NO2. The average molecular weight is 289 g/mol. The smallest absolute Gasteiger partial charge is 0.0923 e. The molecule has 2 unspecified atom stereocenters. The van der Waals surface area contributed by atoms with Crippen molar-refractivity contribution >= 4 is 0 Å². The van der Waals surface area contributed by atoms with Crippen molar-refractivity contribution in [2.45, 2.75) is 44.9 Å². The third-order valence-corrected chi connectivity index (χ3v) is 4.00. The second-order valence-electron chi connectivity index (χ2n) is 6.35. The number of aliphatic hydroxyl groups is 1. The number of benzene rings is 1. The van der Waals surface area contributed by atoms with Gasteiger partial charge < -0.3 is 9.84 Å². The Labute approximate surface area is 128 Å².